The molecular weight excluding hydrogens is 428 g/mol. The van der Waals surface area contributed by atoms with Gasteiger partial charge in [-0.25, -0.2) is 4.98 Å². The number of hydrogen-bond donors (Lipinski definition) is 2. The smallest absolute Gasteiger partial charge is 0.281 e. The van der Waals surface area contributed by atoms with Crippen molar-refractivity contribution in [2.24, 2.45) is 0 Å². The number of fused-ring (bicyclic) bond motifs is 1. The summed E-state index contributed by atoms with van der Waals surface area (Å²) in [5.74, 6) is -0.471. The van der Waals surface area contributed by atoms with Crippen molar-refractivity contribution in [3.8, 4) is 0 Å². The number of nitrogens with zero attached hydrogens (tertiary/aromatic N) is 2. The maximum absolute atomic E-state index is 13.1. The summed E-state index contributed by atoms with van der Waals surface area (Å²) < 4.78 is 6.65. The molecule has 2 heterocycles. The predicted octanol–water partition coefficient (Wildman–Crippen LogP) is 2.10. The van der Waals surface area contributed by atoms with Gasteiger partial charge in [0.15, 0.2) is 5.16 Å². The highest BCUT2D eigenvalue weighted by Crippen LogP contribution is 2.17. The highest BCUT2D eigenvalue weighted by atomic mass is 32.2. The van der Waals surface area contributed by atoms with Gasteiger partial charge >= 0.3 is 0 Å². The fraction of sp³-hybridized carbons (Fsp3) is 0.304. The van der Waals surface area contributed by atoms with Gasteiger partial charge in [-0.05, 0) is 30.5 Å². The minimum atomic E-state index is -0.390. The van der Waals surface area contributed by atoms with E-state index in [2.05, 4.69) is 15.7 Å². The van der Waals surface area contributed by atoms with Gasteiger partial charge in [-0.15, -0.1) is 0 Å². The molecule has 0 spiro atoms. The van der Waals surface area contributed by atoms with E-state index in [1.54, 1.807) is 24.3 Å². The number of carbonyl (C=O) groups is 2. The lowest BCUT2D eigenvalue weighted by Crippen LogP contribution is -2.36. The number of para-hydroxylation sites is 1. The van der Waals surface area contributed by atoms with Crippen molar-refractivity contribution in [1.29, 1.82) is 0 Å². The minimum Gasteiger partial charge on any atom is -0.376 e. The molecule has 4 rings (SSSR count). The molecule has 0 bridgehead atoms. The molecule has 1 aromatic heterocycles. The van der Waals surface area contributed by atoms with E-state index >= 15 is 0 Å². The van der Waals surface area contributed by atoms with Crippen molar-refractivity contribution in [3.05, 3.63) is 70.5 Å². The third-order valence-electron chi connectivity index (χ3n) is 5.07. The van der Waals surface area contributed by atoms with Crippen LogP contribution < -0.4 is 16.3 Å². The van der Waals surface area contributed by atoms with Gasteiger partial charge in [-0.1, -0.05) is 54.2 Å². The van der Waals surface area contributed by atoms with Gasteiger partial charge in [-0.3, -0.25) is 19.8 Å². The molecule has 1 saturated heterocycles. The Labute approximate surface area is 189 Å². The summed E-state index contributed by atoms with van der Waals surface area (Å²) >= 11 is 1.10. The molecule has 0 aliphatic carbocycles. The van der Waals surface area contributed by atoms with E-state index in [1.807, 2.05) is 30.3 Å². The third-order valence-corrected chi connectivity index (χ3v) is 6.01. The summed E-state index contributed by atoms with van der Waals surface area (Å²) in [5.41, 5.74) is 3.60. The van der Waals surface area contributed by atoms with Crippen LogP contribution in [0.2, 0.25) is 0 Å². The fourth-order valence-electron chi connectivity index (χ4n) is 3.47. The number of nitrogens with one attached hydrogen (secondary N) is 2. The SMILES string of the molecule is O=C(CSc1nc2ccccc2c(=O)n1NC(=O)Cc1ccccc1)NCC1CCCO1. The molecule has 2 aromatic carbocycles. The van der Waals surface area contributed by atoms with Crippen LogP contribution in [-0.4, -0.2) is 46.5 Å². The highest BCUT2D eigenvalue weighted by Gasteiger charge is 2.18. The van der Waals surface area contributed by atoms with Gasteiger partial charge in [0.1, 0.15) is 0 Å². The van der Waals surface area contributed by atoms with Crippen molar-refractivity contribution in [3.63, 3.8) is 0 Å². The molecule has 3 aromatic rings. The lowest BCUT2D eigenvalue weighted by molar-refractivity contribution is -0.119. The second kappa shape index (κ2) is 10.4. The standard InChI is InChI=1S/C23H24N4O4S/c28-20(13-16-7-2-1-3-8-16)26-27-22(30)18-10-4-5-11-19(18)25-23(27)32-15-21(29)24-14-17-9-6-12-31-17/h1-5,7-8,10-11,17H,6,9,12-15H2,(H,24,29)(H,26,28). The van der Waals surface area contributed by atoms with Crippen LogP contribution in [0.3, 0.4) is 0 Å². The molecule has 2 N–H and O–H groups in total. The number of hydrogen-bond acceptors (Lipinski definition) is 6. The van der Waals surface area contributed by atoms with E-state index in [9.17, 15) is 14.4 Å². The summed E-state index contributed by atoms with van der Waals surface area (Å²) in [6, 6.07) is 16.2. The van der Waals surface area contributed by atoms with Gasteiger partial charge in [0.05, 0.1) is 29.2 Å². The van der Waals surface area contributed by atoms with E-state index in [0.717, 1.165) is 41.4 Å². The Bertz CT molecular complexity index is 1160. The second-order valence-electron chi connectivity index (χ2n) is 7.48. The highest BCUT2D eigenvalue weighted by molar-refractivity contribution is 7.99. The molecular formula is C23H24N4O4S. The molecule has 1 aliphatic rings. The van der Waals surface area contributed by atoms with Gasteiger partial charge in [-0.2, -0.15) is 4.68 Å². The second-order valence-corrected chi connectivity index (χ2v) is 8.42. The zero-order valence-corrected chi connectivity index (χ0v) is 18.3. The Morgan fingerprint density at radius 3 is 2.66 bits per heavy atom. The first-order valence-electron chi connectivity index (χ1n) is 10.5. The molecule has 1 unspecified atom stereocenters. The number of thioether (sulfide) groups is 1. The predicted molar refractivity (Wildman–Crippen MR) is 123 cm³/mol. The maximum Gasteiger partial charge on any atom is 0.281 e. The van der Waals surface area contributed by atoms with Crippen LogP contribution in [0.15, 0.2) is 64.5 Å². The number of carbonyl (C=O) groups excluding carboxylic acids is 2. The average Bonchev–Trinajstić information content (AvgIpc) is 3.33. The van der Waals surface area contributed by atoms with Crippen LogP contribution in [0, 0.1) is 0 Å². The molecule has 9 heteroatoms. The number of amides is 2. The molecule has 2 amide bonds. The Balaban J connectivity index is 1.50. The lowest BCUT2D eigenvalue weighted by atomic mass is 10.1. The Kier molecular flexibility index (Phi) is 7.18. The van der Waals surface area contributed by atoms with Crippen molar-refractivity contribution in [2.45, 2.75) is 30.5 Å². The van der Waals surface area contributed by atoms with E-state index in [4.69, 9.17) is 4.74 Å². The number of rotatable bonds is 8. The summed E-state index contributed by atoms with van der Waals surface area (Å²) in [7, 11) is 0. The Morgan fingerprint density at radius 1 is 1.09 bits per heavy atom. The van der Waals surface area contributed by atoms with Crippen molar-refractivity contribution in [1.82, 2.24) is 15.0 Å². The largest absolute Gasteiger partial charge is 0.376 e. The van der Waals surface area contributed by atoms with Gasteiger partial charge in [0.25, 0.3) is 5.56 Å². The van der Waals surface area contributed by atoms with Gasteiger partial charge < -0.3 is 10.1 Å². The number of ether oxygens (including phenoxy) is 1. The molecule has 32 heavy (non-hydrogen) atoms. The average molecular weight is 453 g/mol. The van der Waals surface area contributed by atoms with Crippen LogP contribution in [-0.2, 0) is 20.7 Å². The molecule has 0 radical (unpaired) electrons. The van der Waals surface area contributed by atoms with Gasteiger partial charge in [0.2, 0.25) is 11.8 Å². The van der Waals surface area contributed by atoms with E-state index in [1.165, 1.54) is 0 Å². The Hall–Kier alpha value is -3.17. The third kappa shape index (κ3) is 5.54. The lowest BCUT2D eigenvalue weighted by Gasteiger charge is -2.14. The molecule has 1 atom stereocenters. The summed E-state index contributed by atoms with van der Waals surface area (Å²) in [4.78, 5) is 42.5. The molecule has 1 aliphatic heterocycles. The van der Waals surface area contributed by atoms with E-state index in [0.29, 0.717) is 17.4 Å². The van der Waals surface area contributed by atoms with Crippen molar-refractivity contribution >= 4 is 34.5 Å². The molecule has 8 nitrogen and oxygen atoms in total. The molecule has 1 fully saturated rings. The molecule has 166 valence electrons. The van der Waals surface area contributed by atoms with Crippen molar-refractivity contribution in [2.75, 3.05) is 24.3 Å². The van der Waals surface area contributed by atoms with E-state index < -0.39 is 0 Å². The summed E-state index contributed by atoms with van der Waals surface area (Å²) in [6.45, 7) is 1.19. The van der Waals surface area contributed by atoms with Crippen molar-refractivity contribution < 1.29 is 14.3 Å². The van der Waals surface area contributed by atoms with Crippen LogP contribution in [0.5, 0.6) is 0 Å². The maximum atomic E-state index is 13.1. The van der Waals surface area contributed by atoms with Crippen LogP contribution in [0.1, 0.15) is 18.4 Å². The topological polar surface area (TPSA) is 102 Å². The number of aromatic nitrogens is 2. The van der Waals surface area contributed by atoms with Crippen LogP contribution in [0.25, 0.3) is 10.9 Å². The first-order chi connectivity index (χ1) is 15.6. The zero-order chi connectivity index (χ0) is 22.3. The summed E-state index contributed by atoms with van der Waals surface area (Å²) in [5, 5.41) is 3.49. The quantitative estimate of drug-likeness (QED) is 0.401. The van der Waals surface area contributed by atoms with Gasteiger partial charge in [0, 0.05) is 13.2 Å². The fourth-order valence-corrected chi connectivity index (χ4v) is 4.25. The first-order valence-corrected chi connectivity index (χ1v) is 11.5. The normalized spacial score (nSPS) is 15.6. The molecule has 0 saturated carbocycles. The number of benzene rings is 2. The van der Waals surface area contributed by atoms with E-state index in [-0.39, 0.29) is 40.8 Å². The van der Waals surface area contributed by atoms with Crippen LogP contribution in [0.4, 0.5) is 0 Å². The zero-order valence-electron chi connectivity index (χ0n) is 17.5. The first kappa shape index (κ1) is 22.0. The monoisotopic (exact) mass is 452 g/mol. The van der Waals surface area contributed by atoms with Crippen LogP contribution >= 0.6 is 11.8 Å². The Morgan fingerprint density at radius 2 is 1.88 bits per heavy atom. The summed E-state index contributed by atoms with van der Waals surface area (Å²) in [6.07, 6.45) is 2.11. The minimum absolute atomic E-state index is 0.0539.